The number of nitrogens with one attached hydrogen (secondary N) is 2. The van der Waals surface area contributed by atoms with Crippen molar-refractivity contribution in [1.82, 2.24) is 10.3 Å². The van der Waals surface area contributed by atoms with E-state index >= 15 is 0 Å². The number of para-hydroxylation sites is 1. The molecule has 2 heterocycles. The molecule has 4 aromatic rings. The first-order valence-electron chi connectivity index (χ1n) is 13.2. The molecule has 1 aliphatic rings. The molecule has 2 N–H and O–H groups in total. The van der Waals surface area contributed by atoms with E-state index in [4.69, 9.17) is 4.74 Å². The molecule has 5 rings (SSSR count). The van der Waals surface area contributed by atoms with Crippen LogP contribution in [0.3, 0.4) is 0 Å². The van der Waals surface area contributed by atoms with Gasteiger partial charge in [-0.3, -0.25) is 10.3 Å². The number of carbonyl (C=O) groups is 1. The van der Waals surface area contributed by atoms with E-state index < -0.39 is 6.09 Å². The summed E-state index contributed by atoms with van der Waals surface area (Å²) in [6, 6.07) is 27.1. The maximum absolute atomic E-state index is 12.4. The van der Waals surface area contributed by atoms with Gasteiger partial charge in [0.05, 0.1) is 0 Å². The summed E-state index contributed by atoms with van der Waals surface area (Å²) in [5, 5.41) is 6.23. The van der Waals surface area contributed by atoms with Crippen molar-refractivity contribution in [3.63, 3.8) is 0 Å². The summed E-state index contributed by atoms with van der Waals surface area (Å²) in [6.07, 6.45) is 5.31. The summed E-state index contributed by atoms with van der Waals surface area (Å²) < 4.78 is 5.37. The fraction of sp³-hybridized carbons (Fsp3) is 0.212. The van der Waals surface area contributed by atoms with Gasteiger partial charge in [0.1, 0.15) is 5.75 Å². The highest BCUT2D eigenvalue weighted by molar-refractivity contribution is 5.87. The summed E-state index contributed by atoms with van der Waals surface area (Å²) in [5.41, 5.74) is 5.73. The fourth-order valence-corrected chi connectivity index (χ4v) is 4.38. The van der Waals surface area contributed by atoms with Crippen LogP contribution in [0.4, 0.5) is 10.5 Å². The van der Waals surface area contributed by atoms with Gasteiger partial charge in [-0.1, -0.05) is 62.1 Å². The quantitative estimate of drug-likeness (QED) is 0.288. The molecule has 0 atom stereocenters. The lowest BCUT2D eigenvalue weighted by molar-refractivity contribution is 0.215. The maximum Gasteiger partial charge on any atom is 0.417 e. The number of piperidine rings is 1. The number of anilines is 1. The average molecular weight is 504 g/mol. The number of benzene rings is 3. The summed E-state index contributed by atoms with van der Waals surface area (Å²) in [7, 11) is 0. The Hall–Kier alpha value is -4.40. The van der Waals surface area contributed by atoms with E-state index in [1.54, 1.807) is 24.5 Å². The predicted octanol–water partition coefficient (Wildman–Crippen LogP) is 7.25. The van der Waals surface area contributed by atoms with Crippen LogP contribution in [0.5, 0.6) is 5.75 Å². The van der Waals surface area contributed by atoms with E-state index in [9.17, 15) is 4.79 Å². The fourth-order valence-electron chi connectivity index (χ4n) is 4.38. The molecule has 0 saturated carbocycles. The van der Waals surface area contributed by atoms with Gasteiger partial charge in [0.15, 0.2) is 0 Å². The van der Waals surface area contributed by atoms with Crippen LogP contribution in [0.15, 0.2) is 97.3 Å². The molecule has 1 aromatic heterocycles. The third-order valence-corrected chi connectivity index (χ3v) is 6.27. The van der Waals surface area contributed by atoms with E-state index in [1.165, 1.54) is 18.4 Å². The molecule has 0 unspecified atom stereocenters. The number of carbonyl (C=O) groups excluding carboxylic acids is 1. The zero-order chi connectivity index (χ0) is 26.6. The molecule has 38 heavy (non-hydrogen) atoms. The van der Waals surface area contributed by atoms with Crippen molar-refractivity contribution in [3.8, 4) is 28.7 Å². The average Bonchev–Trinajstić information content (AvgIpc) is 2.99. The van der Waals surface area contributed by atoms with Gasteiger partial charge in [-0.15, -0.1) is 0 Å². The van der Waals surface area contributed by atoms with Crippen molar-refractivity contribution in [2.75, 3.05) is 18.4 Å². The highest BCUT2D eigenvalue weighted by Crippen LogP contribution is 2.27. The Morgan fingerprint density at radius 2 is 1.61 bits per heavy atom. The largest absolute Gasteiger partial charge is 0.417 e. The van der Waals surface area contributed by atoms with Gasteiger partial charge in [0.25, 0.3) is 0 Å². The molecule has 1 fully saturated rings. The van der Waals surface area contributed by atoms with Gasteiger partial charge in [-0.05, 0) is 97.1 Å². The first-order chi connectivity index (χ1) is 18.7. The molecule has 0 radical (unpaired) electrons. The molecule has 3 aromatic carbocycles. The minimum Gasteiger partial charge on any atom is -0.410 e. The molecule has 0 spiro atoms. The second kappa shape index (κ2) is 13.8. The molecular weight excluding hydrogens is 470 g/mol. The normalized spacial score (nSPS) is 12.8. The number of aromatic nitrogens is 1. The third kappa shape index (κ3) is 7.32. The first kappa shape index (κ1) is 26.7. The maximum atomic E-state index is 12.4. The zero-order valence-electron chi connectivity index (χ0n) is 21.9. The minimum absolute atomic E-state index is 0.483. The molecular formula is C33H33N3O2. The Kier molecular flexibility index (Phi) is 9.67. The molecule has 1 aliphatic heterocycles. The number of rotatable bonds is 4. The van der Waals surface area contributed by atoms with Gasteiger partial charge in [-0.25, -0.2) is 4.79 Å². The smallest absolute Gasteiger partial charge is 0.410 e. The summed E-state index contributed by atoms with van der Waals surface area (Å²) in [5.74, 6) is 7.72. The highest BCUT2D eigenvalue weighted by atomic mass is 16.6. The van der Waals surface area contributed by atoms with Crippen LogP contribution in [0.1, 0.15) is 49.3 Å². The predicted molar refractivity (Wildman–Crippen MR) is 154 cm³/mol. The molecule has 0 aliphatic carbocycles. The second-order valence-corrected chi connectivity index (χ2v) is 8.72. The summed E-state index contributed by atoms with van der Waals surface area (Å²) in [6.45, 7) is 6.15. The number of hydrogen-bond donors (Lipinski definition) is 2. The number of amides is 1. The van der Waals surface area contributed by atoms with Crippen LogP contribution < -0.4 is 15.4 Å². The van der Waals surface area contributed by atoms with Crippen molar-refractivity contribution < 1.29 is 9.53 Å². The Morgan fingerprint density at radius 1 is 0.895 bits per heavy atom. The van der Waals surface area contributed by atoms with E-state index in [-0.39, 0.29) is 0 Å². The van der Waals surface area contributed by atoms with Gasteiger partial charge in [0, 0.05) is 29.2 Å². The van der Waals surface area contributed by atoms with Crippen LogP contribution in [0.25, 0.3) is 11.1 Å². The van der Waals surface area contributed by atoms with Gasteiger partial charge in [0.2, 0.25) is 0 Å². The van der Waals surface area contributed by atoms with Crippen LogP contribution in [-0.4, -0.2) is 24.2 Å². The van der Waals surface area contributed by atoms with Crippen molar-refractivity contribution in [1.29, 1.82) is 0 Å². The molecule has 5 heteroatoms. The Bertz CT molecular complexity index is 1370. The summed E-state index contributed by atoms with van der Waals surface area (Å²) >= 11 is 0. The van der Waals surface area contributed by atoms with Crippen LogP contribution in [0.2, 0.25) is 0 Å². The second-order valence-electron chi connectivity index (χ2n) is 8.72. The molecule has 1 amide bonds. The van der Waals surface area contributed by atoms with E-state index in [1.807, 2.05) is 62.4 Å². The van der Waals surface area contributed by atoms with Gasteiger partial charge >= 0.3 is 6.09 Å². The molecule has 0 bridgehead atoms. The number of hydrogen-bond acceptors (Lipinski definition) is 4. The Labute approximate surface area is 225 Å². The molecule has 192 valence electrons. The molecule has 1 saturated heterocycles. The number of ether oxygens (including phenoxy) is 1. The zero-order valence-corrected chi connectivity index (χ0v) is 21.9. The van der Waals surface area contributed by atoms with E-state index in [2.05, 4.69) is 51.7 Å². The first-order valence-corrected chi connectivity index (χ1v) is 13.2. The van der Waals surface area contributed by atoms with Gasteiger partial charge < -0.3 is 10.1 Å². The summed E-state index contributed by atoms with van der Waals surface area (Å²) in [4.78, 5) is 16.5. The van der Waals surface area contributed by atoms with Crippen LogP contribution >= 0.6 is 0 Å². The van der Waals surface area contributed by atoms with Crippen molar-refractivity contribution in [3.05, 3.63) is 114 Å². The standard InChI is InChI=1S/C31H27N3O2.C2H6/c35-31(36-29-4-2-1-3-5-29)34-28-12-13-30(26-16-20-33-21-17-26)27(22-28)11-8-23-6-9-24(10-7-23)25-14-18-32-19-15-25;1-2/h1-7,9-10,12-13,16-17,20-22,25,32H,14-15,18-19H2,(H,34,35);1-2H3. The lowest BCUT2D eigenvalue weighted by atomic mass is 9.90. The Morgan fingerprint density at radius 3 is 2.32 bits per heavy atom. The Balaban J connectivity index is 0.00000164. The number of pyridine rings is 1. The number of nitrogens with zero attached hydrogens (tertiary/aromatic N) is 1. The third-order valence-electron chi connectivity index (χ3n) is 6.27. The van der Waals surface area contributed by atoms with Crippen LogP contribution in [-0.2, 0) is 0 Å². The minimum atomic E-state index is -0.551. The van der Waals surface area contributed by atoms with Gasteiger partial charge in [-0.2, -0.15) is 0 Å². The van der Waals surface area contributed by atoms with Crippen molar-refractivity contribution in [2.45, 2.75) is 32.6 Å². The monoisotopic (exact) mass is 503 g/mol. The van der Waals surface area contributed by atoms with Crippen molar-refractivity contribution in [2.24, 2.45) is 0 Å². The van der Waals surface area contributed by atoms with Crippen molar-refractivity contribution >= 4 is 11.8 Å². The van der Waals surface area contributed by atoms with E-state index in [0.717, 1.165) is 35.3 Å². The van der Waals surface area contributed by atoms with Crippen LogP contribution in [0, 0.1) is 11.8 Å². The highest BCUT2D eigenvalue weighted by Gasteiger charge is 2.14. The molecule has 5 nitrogen and oxygen atoms in total. The SMILES string of the molecule is CC.O=C(Nc1ccc(-c2ccncc2)c(C#Cc2ccc(C3CCNCC3)cc2)c1)Oc1ccccc1. The topological polar surface area (TPSA) is 63.2 Å². The lowest BCUT2D eigenvalue weighted by Crippen LogP contribution is -2.26. The van der Waals surface area contributed by atoms with E-state index in [0.29, 0.717) is 17.4 Å². The lowest BCUT2D eigenvalue weighted by Gasteiger charge is -2.22.